The van der Waals surface area contributed by atoms with Crippen LogP contribution < -0.4 is 10.1 Å². The first-order valence-corrected chi connectivity index (χ1v) is 9.10. The highest BCUT2D eigenvalue weighted by Gasteiger charge is 2.16. The van der Waals surface area contributed by atoms with Crippen LogP contribution in [0.2, 0.25) is 0 Å². The summed E-state index contributed by atoms with van der Waals surface area (Å²) >= 11 is 0. The molecule has 0 radical (unpaired) electrons. The highest BCUT2D eigenvalue weighted by Crippen LogP contribution is 2.27. The maximum absolute atomic E-state index is 12.8. The number of nitrogens with zero attached hydrogens (tertiary/aromatic N) is 2. The molecule has 0 fully saturated rings. The van der Waals surface area contributed by atoms with Crippen molar-refractivity contribution in [1.82, 2.24) is 9.55 Å². The Bertz CT molecular complexity index is 1190. The topological polar surface area (TPSA) is 93.4 Å². The molecule has 0 spiro atoms. The minimum atomic E-state index is -1.16. The Balaban J connectivity index is 1.61. The summed E-state index contributed by atoms with van der Waals surface area (Å²) in [4.78, 5) is 28.5. The Morgan fingerprint density at radius 1 is 0.900 bits per heavy atom. The fourth-order valence-electron chi connectivity index (χ4n) is 2.90. The van der Waals surface area contributed by atoms with Gasteiger partial charge in [-0.1, -0.05) is 18.2 Å². The SMILES string of the molecule is O=C(Nc1cc(Oc2ccccc2)ccc1C(=O)O)c1cncc(-n2cccc2)c1. The number of ether oxygens (including phenoxy) is 1. The summed E-state index contributed by atoms with van der Waals surface area (Å²) in [5.74, 6) is -0.631. The first-order valence-electron chi connectivity index (χ1n) is 9.10. The molecule has 0 aliphatic carbocycles. The lowest BCUT2D eigenvalue weighted by atomic mass is 10.1. The molecular formula is C23H17N3O4. The minimum absolute atomic E-state index is 0.0433. The number of benzene rings is 2. The zero-order valence-corrected chi connectivity index (χ0v) is 15.7. The fourth-order valence-corrected chi connectivity index (χ4v) is 2.90. The summed E-state index contributed by atoms with van der Waals surface area (Å²) < 4.78 is 7.57. The predicted octanol–water partition coefficient (Wildman–Crippen LogP) is 4.62. The molecule has 0 saturated carbocycles. The molecule has 2 aromatic heterocycles. The molecule has 4 aromatic rings. The Kier molecular flexibility index (Phi) is 5.25. The summed E-state index contributed by atoms with van der Waals surface area (Å²) in [7, 11) is 0. The number of carbonyl (C=O) groups is 2. The summed E-state index contributed by atoms with van der Waals surface area (Å²) in [5.41, 5.74) is 1.10. The Hall–Kier alpha value is -4.39. The van der Waals surface area contributed by atoms with Crippen LogP contribution >= 0.6 is 0 Å². The number of hydrogen-bond acceptors (Lipinski definition) is 4. The zero-order chi connectivity index (χ0) is 20.9. The smallest absolute Gasteiger partial charge is 0.337 e. The molecule has 1 amide bonds. The van der Waals surface area contributed by atoms with Gasteiger partial charge in [0.05, 0.1) is 28.7 Å². The van der Waals surface area contributed by atoms with E-state index in [2.05, 4.69) is 10.3 Å². The molecule has 0 aliphatic heterocycles. The van der Waals surface area contributed by atoms with Gasteiger partial charge in [0, 0.05) is 24.7 Å². The van der Waals surface area contributed by atoms with Crippen molar-refractivity contribution < 1.29 is 19.4 Å². The normalized spacial score (nSPS) is 10.4. The third kappa shape index (κ3) is 4.20. The van der Waals surface area contributed by atoms with E-state index in [1.165, 1.54) is 18.3 Å². The Morgan fingerprint density at radius 2 is 1.67 bits per heavy atom. The third-order valence-corrected chi connectivity index (χ3v) is 4.34. The lowest BCUT2D eigenvalue weighted by Gasteiger charge is -2.12. The van der Waals surface area contributed by atoms with E-state index in [0.717, 1.165) is 0 Å². The van der Waals surface area contributed by atoms with Gasteiger partial charge in [-0.15, -0.1) is 0 Å². The van der Waals surface area contributed by atoms with E-state index in [0.29, 0.717) is 22.7 Å². The number of hydrogen-bond donors (Lipinski definition) is 2. The second kappa shape index (κ2) is 8.32. The van der Waals surface area contributed by atoms with Gasteiger partial charge in [-0.25, -0.2) is 4.79 Å². The Labute approximate surface area is 172 Å². The van der Waals surface area contributed by atoms with Crippen molar-refractivity contribution >= 4 is 17.6 Å². The largest absolute Gasteiger partial charge is 0.478 e. The number of carbonyl (C=O) groups excluding carboxylic acids is 1. The number of para-hydroxylation sites is 1. The van der Waals surface area contributed by atoms with Crippen LogP contribution in [0.1, 0.15) is 20.7 Å². The van der Waals surface area contributed by atoms with Crippen LogP contribution in [0.4, 0.5) is 5.69 Å². The number of amides is 1. The van der Waals surface area contributed by atoms with E-state index in [9.17, 15) is 14.7 Å². The quantitative estimate of drug-likeness (QED) is 0.494. The fraction of sp³-hybridized carbons (Fsp3) is 0. The maximum atomic E-state index is 12.8. The van der Waals surface area contributed by atoms with E-state index < -0.39 is 11.9 Å². The van der Waals surface area contributed by atoms with Gasteiger partial charge < -0.3 is 19.7 Å². The average molecular weight is 399 g/mol. The predicted molar refractivity (Wildman–Crippen MR) is 111 cm³/mol. The molecule has 0 saturated heterocycles. The summed E-state index contributed by atoms with van der Waals surface area (Å²) in [5, 5.41) is 12.1. The number of aromatic nitrogens is 2. The summed E-state index contributed by atoms with van der Waals surface area (Å²) in [6, 6.07) is 18.9. The average Bonchev–Trinajstić information content (AvgIpc) is 3.29. The number of pyridine rings is 1. The van der Waals surface area contributed by atoms with Gasteiger partial charge in [-0.3, -0.25) is 9.78 Å². The molecule has 2 aromatic carbocycles. The molecule has 0 bridgehead atoms. The van der Waals surface area contributed by atoms with Crippen molar-refractivity contribution in [2.24, 2.45) is 0 Å². The van der Waals surface area contributed by atoms with Crippen molar-refractivity contribution in [3.8, 4) is 17.2 Å². The number of carboxylic acid groups (broad SMARTS) is 1. The molecule has 7 heteroatoms. The van der Waals surface area contributed by atoms with Crippen LogP contribution in [-0.4, -0.2) is 26.5 Å². The molecule has 0 atom stereocenters. The van der Waals surface area contributed by atoms with Crippen LogP contribution in [0.25, 0.3) is 5.69 Å². The van der Waals surface area contributed by atoms with Crippen molar-refractivity contribution in [3.05, 3.63) is 103 Å². The second-order valence-corrected chi connectivity index (χ2v) is 6.40. The Morgan fingerprint density at radius 3 is 2.40 bits per heavy atom. The van der Waals surface area contributed by atoms with Crippen molar-refractivity contribution in [2.45, 2.75) is 0 Å². The first-order chi connectivity index (χ1) is 14.6. The van der Waals surface area contributed by atoms with Crippen LogP contribution in [0, 0.1) is 0 Å². The molecule has 4 rings (SSSR count). The number of nitrogens with one attached hydrogen (secondary N) is 1. The first kappa shape index (κ1) is 18.9. The molecule has 2 heterocycles. The molecule has 30 heavy (non-hydrogen) atoms. The highest BCUT2D eigenvalue weighted by atomic mass is 16.5. The number of rotatable bonds is 6. The lowest BCUT2D eigenvalue weighted by molar-refractivity contribution is 0.0698. The molecule has 148 valence electrons. The second-order valence-electron chi connectivity index (χ2n) is 6.40. The van der Waals surface area contributed by atoms with Gasteiger partial charge in [-0.2, -0.15) is 0 Å². The van der Waals surface area contributed by atoms with Crippen LogP contribution in [0.15, 0.2) is 91.5 Å². The standard InChI is InChI=1S/C23H17N3O4/c27-22(16-12-17(15-24-14-16)26-10-4-5-11-26)25-21-13-19(8-9-20(21)23(28)29)30-18-6-2-1-3-7-18/h1-15H,(H,25,27)(H,28,29). The lowest BCUT2D eigenvalue weighted by Crippen LogP contribution is -2.15. The molecule has 7 nitrogen and oxygen atoms in total. The van der Waals surface area contributed by atoms with Crippen molar-refractivity contribution in [3.63, 3.8) is 0 Å². The van der Waals surface area contributed by atoms with Crippen LogP contribution in [0.5, 0.6) is 11.5 Å². The van der Waals surface area contributed by atoms with Crippen molar-refractivity contribution in [1.29, 1.82) is 0 Å². The summed E-state index contributed by atoms with van der Waals surface area (Å²) in [6.45, 7) is 0. The highest BCUT2D eigenvalue weighted by molar-refractivity contribution is 6.08. The number of carboxylic acids is 1. The number of aromatic carboxylic acids is 1. The zero-order valence-electron chi connectivity index (χ0n) is 15.7. The van der Waals surface area contributed by atoms with Crippen molar-refractivity contribution in [2.75, 3.05) is 5.32 Å². The van der Waals surface area contributed by atoms with Gasteiger partial charge in [0.15, 0.2) is 0 Å². The molecule has 2 N–H and O–H groups in total. The molecule has 0 unspecified atom stereocenters. The number of anilines is 1. The van der Waals surface area contributed by atoms with E-state index in [1.807, 2.05) is 47.3 Å². The van der Waals surface area contributed by atoms with Crippen LogP contribution in [0.3, 0.4) is 0 Å². The van der Waals surface area contributed by atoms with Gasteiger partial charge in [0.1, 0.15) is 11.5 Å². The van der Waals surface area contributed by atoms with Gasteiger partial charge in [0.2, 0.25) is 0 Å². The van der Waals surface area contributed by atoms with E-state index in [4.69, 9.17) is 4.74 Å². The monoisotopic (exact) mass is 399 g/mol. The van der Waals surface area contributed by atoms with E-state index in [-0.39, 0.29) is 11.3 Å². The summed E-state index contributed by atoms with van der Waals surface area (Å²) in [6.07, 6.45) is 6.73. The molecule has 0 aliphatic rings. The minimum Gasteiger partial charge on any atom is -0.478 e. The van der Waals surface area contributed by atoms with E-state index >= 15 is 0 Å². The third-order valence-electron chi connectivity index (χ3n) is 4.34. The van der Waals surface area contributed by atoms with E-state index in [1.54, 1.807) is 30.5 Å². The van der Waals surface area contributed by atoms with Gasteiger partial charge in [0.25, 0.3) is 5.91 Å². The molecular weight excluding hydrogens is 382 g/mol. The van der Waals surface area contributed by atoms with Gasteiger partial charge in [-0.05, 0) is 42.5 Å². The van der Waals surface area contributed by atoms with Crippen LogP contribution in [-0.2, 0) is 0 Å². The maximum Gasteiger partial charge on any atom is 0.337 e. The van der Waals surface area contributed by atoms with Gasteiger partial charge >= 0.3 is 5.97 Å².